The van der Waals surface area contributed by atoms with Crippen molar-refractivity contribution in [3.63, 3.8) is 0 Å². The van der Waals surface area contributed by atoms with Gasteiger partial charge in [0.2, 0.25) is 5.91 Å². The molecule has 0 aromatic rings. The Labute approximate surface area is 342 Å². The largest absolute Gasteiger partial charge is 0.481 e. The summed E-state index contributed by atoms with van der Waals surface area (Å²) in [6.07, 6.45) is 17.6. The van der Waals surface area contributed by atoms with E-state index in [4.69, 9.17) is 10.5 Å². The van der Waals surface area contributed by atoms with Crippen LogP contribution >= 0.6 is 0 Å². The van der Waals surface area contributed by atoms with Crippen molar-refractivity contribution in [1.82, 2.24) is 10.6 Å². The van der Waals surface area contributed by atoms with Gasteiger partial charge in [0.1, 0.15) is 6.10 Å². The van der Waals surface area contributed by atoms with E-state index in [1.807, 2.05) is 48.5 Å². The van der Waals surface area contributed by atoms with Gasteiger partial charge >= 0.3 is 12.1 Å². The summed E-state index contributed by atoms with van der Waals surface area (Å²) in [6.45, 7) is 27.9. The van der Waals surface area contributed by atoms with Crippen molar-refractivity contribution in [2.75, 3.05) is 0 Å². The molecule has 3 fully saturated rings. The van der Waals surface area contributed by atoms with E-state index in [1.54, 1.807) is 6.92 Å². The van der Waals surface area contributed by atoms with Crippen LogP contribution in [0.4, 0.5) is 4.79 Å². The van der Waals surface area contributed by atoms with Gasteiger partial charge < -0.3 is 26.2 Å². The summed E-state index contributed by atoms with van der Waals surface area (Å²) in [5.41, 5.74) is 5.84. The Hall–Kier alpha value is -2.09. The van der Waals surface area contributed by atoms with Gasteiger partial charge in [-0.3, -0.25) is 9.59 Å². The molecule has 0 aliphatic heterocycles. The standard InChI is InChI=1S/C48H85N3O5/c1-14-44(9,41(53)54)29-43(7,8)28-40(52)50-45(10,15-2)30-48(13,33(6)49)51-42(55)56-35-23-25-46(11)34(27-35)19-20-36-38-22-21-37(32(5)18-16-17-31(3)4)47(38,12)26-24-39(36)46/h19,31-33,35-39H,14-18,20-30,49H2,1-13H3,(H,50,52)(H,51,55)(H,53,54)/t32-,33?,35+,36?,37-,38?,39?,44?,45?,46+,47-,48?/m1/s1. The van der Waals surface area contributed by atoms with Crippen molar-refractivity contribution < 1.29 is 24.2 Å². The third-order valence-corrected chi connectivity index (χ3v) is 16.7. The van der Waals surface area contributed by atoms with E-state index in [0.29, 0.717) is 37.0 Å². The molecule has 2 amide bonds. The van der Waals surface area contributed by atoms with E-state index in [0.717, 1.165) is 48.9 Å². The Morgan fingerprint density at radius 1 is 0.911 bits per heavy atom. The molecule has 0 saturated heterocycles. The lowest BCUT2D eigenvalue weighted by atomic mass is 9.47. The predicted molar refractivity (Wildman–Crippen MR) is 229 cm³/mol. The maximum Gasteiger partial charge on any atom is 0.407 e. The lowest BCUT2D eigenvalue weighted by molar-refractivity contribution is -0.150. The normalized spacial score (nSPS) is 33.3. The Balaban J connectivity index is 1.37. The second kappa shape index (κ2) is 17.6. The first-order valence-electron chi connectivity index (χ1n) is 22.8. The zero-order valence-electron chi connectivity index (χ0n) is 38.2. The van der Waals surface area contributed by atoms with Crippen LogP contribution in [0.15, 0.2) is 11.6 Å². The minimum Gasteiger partial charge on any atom is -0.481 e. The van der Waals surface area contributed by atoms with Crippen LogP contribution in [0.25, 0.3) is 0 Å². The quantitative estimate of drug-likeness (QED) is 0.102. The lowest BCUT2D eigenvalue weighted by Crippen LogP contribution is -2.63. The molecule has 3 saturated carbocycles. The van der Waals surface area contributed by atoms with Gasteiger partial charge in [-0.25, -0.2) is 4.79 Å². The first-order chi connectivity index (χ1) is 25.9. The summed E-state index contributed by atoms with van der Waals surface area (Å²) in [4.78, 5) is 39.2. The number of rotatable bonds is 18. The highest BCUT2D eigenvalue weighted by Gasteiger charge is 2.59. The number of ether oxygens (including phenoxy) is 1. The summed E-state index contributed by atoms with van der Waals surface area (Å²) in [6, 6.07) is -0.405. The molecule has 0 aromatic carbocycles. The lowest BCUT2D eigenvalue weighted by Gasteiger charge is -2.58. The summed E-state index contributed by atoms with van der Waals surface area (Å²) in [5.74, 6) is 3.80. The molecule has 0 aromatic heterocycles. The zero-order chi connectivity index (χ0) is 42.1. The average Bonchev–Trinajstić information content (AvgIpc) is 3.44. The summed E-state index contributed by atoms with van der Waals surface area (Å²) >= 11 is 0. The Bertz CT molecular complexity index is 1420. The fourth-order valence-electron chi connectivity index (χ4n) is 12.8. The molecule has 0 spiro atoms. The predicted octanol–water partition coefficient (Wildman–Crippen LogP) is 11.2. The van der Waals surface area contributed by atoms with Crippen LogP contribution in [0.3, 0.4) is 0 Å². The molecule has 4 rings (SSSR count). The van der Waals surface area contributed by atoms with E-state index < -0.39 is 40.0 Å². The van der Waals surface area contributed by atoms with Crippen LogP contribution in [0.1, 0.15) is 193 Å². The number of carbonyl (C=O) groups excluding carboxylic acids is 2. The highest BCUT2D eigenvalue weighted by Crippen LogP contribution is 2.67. The monoisotopic (exact) mass is 784 g/mol. The van der Waals surface area contributed by atoms with Crippen molar-refractivity contribution in [3.05, 3.63) is 11.6 Å². The third-order valence-electron chi connectivity index (χ3n) is 16.7. The number of hydrogen-bond donors (Lipinski definition) is 4. The van der Waals surface area contributed by atoms with Crippen molar-refractivity contribution in [1.29, 1.82) is 0 Å². The van der Waals surface area contributed by atoms with Gasteiger partial charge in [-0.2, -0.15) is 0 Å². The number of fused-ring (bicyclic) bond motifs is 5. The van der Waals surface area contributed by atoms with Crippen molar-refractivity contribution >= 4 is 18.0 Å². The van der Waals surface area contributed by atoms with Crippen molar-refractivity contribution in [2.24, 2.45) is 62.9 Å². The molecule has 0 radical (unpaired) electrons. The van der Waals surface area contributed by atoms with Gasteiger partial charge in [0.25, 0.3) is 0 Å². The molecule has 5 N–H and O–H groups in total. The van der Waals surface area contributed by atoms with Gasteiger partial charge in [-0.05, 0) is 150 Å². The van der Waals surface area contributed by atoms with Gasteiger partial charge in [0, 0.05) is 24.4 Å². The highest BCUT2D eigenvalue weighted by molar-refractivity contribution is 5.78. The van der Waals surface area contributed by atoms with Crippen LogP contribution in [-0.4, -0.2) is 46.3 Å². The minimum absolute atomic E-state index is 0.131. The number of nitrogens with two attached hydrogens (primary N) is 1. The first-order valence-corrected chi connectivity index (χ1v) is 22.8. The first kappa shape index (κ1) is 46.6. The number of amides is 2. The molecule has 8 heteroatoms. The molecule has 56 heavy (non-hydrogen) atoms. The van der Waals surface area contributed by atoms with E-state index in [-0.39, 0.29) is 23.8 Å². The van der Waals surface area contributed by atoms with Gasteiger partial charge in [0.15, 0.2) is 0 Å². The number of alkyl carbamates (subject to hydrolysis) is 1. The number of allylic oxidation sites excluding steroid dienone is 1. The number of carboxylic acids is 1. The smallest absolute Gasteiger partial charge is 0.407 e. The maximum atomic E-state index is 13.7. The Kier molecular flexibility index (Phi) is 14.7. The van der Waals surface area contributed by atoms with Gasteiger partial charge in [-0.1, -0.05) is 93.2 Å². The molecular weight excluding hydrogens is 699 g/mol. The van der Waals surface area contributed by atoms with Crippen molar-refractivity contribution in [3.8, 4) is 0 Å². The van der Waals surface area contributed by atoms with Gasteiger partial charge in [-0.15, -0.1) is 0 Å². The number of hydrogen-bond acceptors (Lipinski definition) is 5. The molecule has 12 atom stereocenters. The third kappa shape index (κ3) is 10.2. The summed E-state index contributed by atoms with van der Waals surface area (Å²) < 4.78 is 6.23. The second-order valence-corrected chi connectivity index (χ2v) is 22.3. The second-order valence-electron chi connectivity index (χ2n) is 22.3. The number of aliphatic carboxylic acids is 1. The molecule has 0 bridgehead atoms. The molecule has 4 aliphatic carbocycles. The van der Waals surface area contributed by atoms with E-state index in [9.17, 15) is 19.5 Å². The number of carboxylic acid groups (broad SMARTS) is 1. The molecule has 8 nitrogen and oxygen atoms in total. The summed E-state index contributed by atoms with van der Waals surface area (Å²) in [5, 5.41) is 16.3. The molecule has 4 aliphatic rings. The highest BCUT2D eigenvalue weighted by atomic mass is 16.6. The van der Waals surface area contributed by atoms with Crippen LogP contribution in [0, 0.1) is 57.2 Å². The molecule has 7 unspecified atom stereocenters. The number of carbonyl (C=O) groups is 3. The molecule has 0 heterocycles. The fraction of sp³-hybridized carbons (Fsp3) is 0.896. The van der Waals surface area contributed by atoms with E-state index in [1.165, 1.54) is 56.9 Å². The van der Waals surface area contributed by atoms with Crippen LogP contribution in [-0.2, 0) is 14.3 Å². The average molecular weight is 784 g/mol. The van der Waals surface area contributed by atoms with Crippen LogP contribution in [0.5, 0.6) is 0 Å². The summed E-state index contributed by atoms with van der Waals surface area (Å²) in [7, 11) is 0. The van der Waals surface area contributed by atoms with E-state index in [2.05, 4.69) is 51.3 Å². The number of nitrogens with one attached hydrogen (secondary N) is 2. The minimum atomic E-state index is -0.897. The SMILES string of the molecule is CCC(C)(CC(C)(NC(=O)O[C@H]1CC[C@@]2(C)C(=CCC3C2CC[C@@]2(C)C3CC[C@@H]2[C@H](C)CCCC(C)C)C1)C(C)N)NC(=O)CC(C)(C)CC(C)(CC)C(=O)O. The Morgan fingerprint density at radius 2 is 1.59 bits per heavy atom. The van der Waals surface area contributed by atoms with Crippen LogP contribution in [0.2, 0.25) is 0 Å². The molecule has 322 valence electrons. The fourth-order valence-corrected chi connectivity index (χ4v) is 12.8. The maximum absolute atomic E-state index is 13.7. The topological polar surface area (TPSA) is 131 Å². The van der Waals surface area contributed by atoms with Crippen LogP contribution < -0.4 is 16.4 Å². The molecular formula is C48H85N3O5. The Morgan fingerprint density at radius 3 is 2.18 bits per heavy atom. The van der Waals surface area contributed by atoms with E-state index >= 15 is 0 Å². The van der Waals surface area contributed by atoms with Gasteiger partial charge in [0.05, 0.1) is 11.0 Å². The zero-order valence-corrected chi connectivity index (χ0v) is 38.2. The van der Waals surface area contributed by atoms with Crippen molar-refractivity contribution in [2.45, 2.75) is 216 Å².